The van der Waals surface area contributed by atoms with Gasteiger partial charge in [0.15, 0.2) is 0 Å². The molecule has 3 rings (SSSR count). The molecule has 1 aliphatic heterocycles. The minimum absolute atomic E-state index is 0.0347. The van der Waals surface area contributed by atoms with Crippen LogP contribution in [0.15, 0.2) is 48.5 Å². The summed E-state index contributed by atoms with van der Waals surface area (Å²) in [5, 5.41) is 0. The summed E-state index contributed by atoms with van der Waals surface area (Å²) >= 11 is 0. The Morgan fingerprint density at radius 3 is 2.55 bits per heavy atom. The topological polar surface area (TPSA) is 55.6 Å². The Balaban J connectivity index is 1.65. The fraction of sp³-hybridized carbons (Fsp3) is 0.235. The molecule has 2 aromatic carbocycles. The zero-order valence-electron chi connectivity index (χ0n) is 12.0. The number of ether oxygens (including phenoxy) is 1. The lowest BCUT2D eigenvalue weighted by molar-refractivity contribution is -0.117. The van der Waals surface area contributed by atoms with E-state index < -0.39 is 0 Å². The Bertz CT molecular complexity index is 673. The maximum Gasteiger partial charge on any atom is 0.228 e. The molecule has 1 aliphatic rings. The molecule has 0 spiro atoms. The van der Waals surface area contributed by atoms with Gasteiger partial charge >= 0.3 is 0 Å². The summed E-state index contributed by atoms with van der Waals surface area (Å²) in [7, 11) is 0. The highest BCUT2D eigenvalue weighted by atomic mass is 19.1. The van der Waals surface area contributed by atoms with Crippen LogP contribution < -0.4 is 15.4 Å². The van der Waals surface area contributed by atoms with Crippen molar-refractivity contribution >= 4 is 11.6 Å². The number of amides is 1. The molecule has 0 saturated carbocycles. The van der Waals surface area contributed by atoms with Gasteiger partial charge in [0.1, 0.15) is 18.2 Å². The first kappa shape index (κ1) is 14.5. The van der Waals surface area contributed by atoms with Crippen LogP contribution in [0.1, 0.15) is 12.0 Å². The van der Waals surface area contributed by atoms with Crippen molar-refractivity contribution in [3.05, 3.63) is 59.9 Å². The van der Waals surface area contributed by atoms with Gasteiger partial charge in [0.05, 0.1) is 0 Å². The Morgan fingerprint density at radius 1 is 1.18 bits per heavy atom. The van der Waals surface area contributed by atoms with Crippen molar-refractivity contribution in [1.82, 2.24) is 0 Å². The number of anilines is 1. The van der Waals surface area contributed by atoms with Crippen LogP contribution in [0.25, 0.3) is 0 Å². The number of carbonyl (C=O) groups is 1. The molecule has 114 valence electrons. The van der Waals surface area contributed by atoms with Crippen molar-refractivity contribution in [1.29, 1.82) is 0 Å². The van der Waals surface area contributed by atoms with E-state index in [9.17, 15) is 9.18 Å². The van der Waals surface area contributed by atoms with Crippen LogP contribution in [-0.2, 0) is 11.4 Å². The van der Waals surface area contributed by atoms with Crippen molar-refractivity contribution < 1.29 is 13.9 Å². The lowest BCUT2D eigenvalue weighted by Gasteiger charge is -2.16. The third-order valence-corrected chi connectivity index (χ3v) is 3.66. The molecule has 0 bridgehead atoms. The van der Waals surface area contributed by atoms with Crippen LogP contribution in [-0.4, -0.2) is 18.5 Å². The molecule has 1 heterocycles. The second kappa shape index (κ2) is 6.15. The van der Waals surface area contributed by atoms with E-state index in [1.165, 1.54) is 6.07 Å². The summed E-state index contributed by atoms with van der Waals surface area (Å²) in [4.78, 5) is 13.5. The Hall–Kier alpha value is -2.40. The molecule has 1 unspecified atom stereocenters. The second-order valence-electron chi connectivity index (χ2n) is 5.34. The normalized spacial score (nSPS) is 17.8. The van der Waals surface area contributed by atoms with Crippen LogP contribution in [0.3, 0.4) is 0 Å². The number of hydrogen-bond acceptors (Lipinski definition) is 3. The zero-order chi connectivity index (χ0) is 15.5. The molecular weight excluding hydrogens is 283 g/mol. The fourth-order valence-electron chi connectivity index (χ4n) is 2.48. The molecule has 0 aliphatic carbocycles. The van der Waals surface area contributed by atoms with Crippen LogP contribution in [0.5, 0.6) is 5.75 Å². The van der Waals surface area contributed by atoms with Crippen LogP contribution in [0.2, 0.25) is 0 Å². The molecule has 2 N–H and O–H groups in total. The maximum absolute atomic E-state index is 13.5. The van der Waals surface area contributed by atoms with Gasteiger partial charge in [0, 0.05) is 30.3 Å². The lowest BCUT2D eigenvalue weighted by atomic mass is 10.2. The quantitative estimate of drug-likeness (QED) is 0.943. The van der Waals surface area contributed by atoms with Gasteiger partial charge in [-0.2, -0.15) is 0 Å². The average Bonchev–Trinajstić information content (AvgIpc) is 2.86. The second-order valence-corrected chi connectivity index (χ2v) is 5.34. The van der Waals surface area contributed by atoms with E-state index in [0.717, 1.165) is 5.69 Å². The number of halogens is 1. The first-order valence-electron chi connectivity index (χ1n) is 7.16. The monoisotopic (exact) mass is 300 g/mol. The van der Waals surface area contributed by atoms with E-state index in [4.69, 9.17) is 10.5 Å². The minimum atomic E-state index is -0.282. The number of carbonyl (C=O) groups excluding carboxylic acids is 1. The van der Waals surface area contributed by atoms with Crippen molar-refractivity contribution in [2.75, 3.05) is 11.4 Å². The predicted molar refractivity (Wildman–Crippen MR) is 82.1 cm³/mol. The molecular formula is C17H17FN2O2. The van der Waals surface area contributed by atoms with E-state index >= 15 is 0 Å². The largest absolute Gasteiger partial charge is 0.489 e. The Morgan fingerprint density at radius 2 is 1.91 bits per heavy atom. The van der Waals surface area contributed by atoms with Gasteiger partial charge in [-0.15, -0.1) is 0 Å². The van der Waals surface area contributed by atoms with Crippen LogP contribution in [0.4, 0.5) is 10.1 Å². The summed E-state index contributed by atoms with van der Waals surface area (Å²) < 4.78 is 19.1. The number of hydrogen-bond donors (Lipinski definition) is 1. The van der Waals surface area contributed by atoms with Gasteiger partial charge in [-0.25, -0.2) is 4.39 Å². The fourth-order valence-corrected chi connectivity index (χ4v) is 2.48. The smallest absolute Gasteiger partial charge is 0.228 e. The third kappa shape index (κ3) is 3.09. The third-order valence-electron chi connectivity index (χ3n) is 3.66. The van der Waals surface area contributed by atoms with Crippen molar-refractivity contribution in [3.8, 4) is 5.75 Å². The SMILES string of the molecule is NC1CC(=O)N(c2ccc(OCc3ccccc3F)cc2)C1. The van der Waals surface area contributed by atoms with Crippen molar-refractivity contribution in [3.63, 3.8) is 0 Å². The first-order chi connectivity index (χ1) is 10.6. The van der Waals surface area contributed by atoms with Gasteiger partial charge in [0.2, 0.25) is 5.91 Å². The van der Waals surface area contributed by atoms with E-state index in [1.807, 2.05) is 12.1 Å². The van der Waals surface area contributed by atoms with Crippen LogP contribution >= 0.6 is 0 Å². The lowest BCUT2D eigenvalue weighted by Crippen LogP contribution is -2.27. The predicted octanol–water partition coefficient (Wildman–Crippen LogP) is 2.47. The number of nitrogens with zero attached hydrogens (tertiary/aromatic N) is 1. The van der Waals surface area contributed by atoms with Crippen LogP contribution in [0, 0.1) is 5.82 Å². The molecule has 5 heteroatoms. The molecule has 1 saturated heterocycles. The first-order valence-corrected chi connectivity index (χ1v) is 7.16. The van der Waals surface area contributed by atoms with Gasteiger partial charge in [-0.3, -0.25) is 4.79 Å². The van der Waals surface area contributed by atoms with Gasteiger partial charge in [-0.1, -0.05) is 18.2 Å². The summed E-state index contributed by atoms with van der Waals surface area (Å²) in [6.07, 6.45) is 0.380. The van der Waals surface area contributed by atoms with E-state index in [-0.39, 0.29) is 24.4 Å². The van der Waals surface area contributed by atoms with Crippen molar-refractivity contribution in [2.24, 2.45) is 5.73 Å². The zero-order valence-corrected chi connectivity index (χ0v) is 12.0. The average molecular weight is 300 g/mol. The molecule has 4 nitrogen and oxygen atoms in total. The Labute approximate surface area is 128 Å². The molecule has 22 heavy (non-hydrogen) atoms. The van der Waals surface area contributed by atoms with Gasteiger partial charge in [0.25, 0.3) is 0 Å². The highest BCUT2D eigenvalue weighted by Crippen LogP contribution is 2.24. The van der Waals surface area contributed by atoms with Gasteiger partial charge in [-0.05, 0) is 30.3 Å². The molecule has 2 aromatic rings. The number of nitrogens with two attached hydrogens (primary N) is 1. The standard InChI is InChI=1S/C17H17FN2O2/c18-16-4-2-1-3-12(16)11-22-15-7-5-14(6-8-15)20-10-13(19)9-17(20)21/h1-8,13H,9-11,19H2. The number of rotatable bonds is 4. The molecule has 1 fully saturated rings. The maximum atomic E-state index is 13.5. The molecule has 1 amide bonds. The van der Waals surface area contributed by atoms with E-state index in [1.54, 1.807) is 35.2 Å². The summed E-state index contributed by atoms with van der Waals surface area (Å²) in [5.74, 6) is 0.381. The molecule has 0 radical (unpaired) electrons. The minimum Gasteiger partial charge on any atom is -0.489 e. The molecule has 1 atom stereocenters. The summed E-state index contributed by atoms with van der Waals surface area (Å²) in [6.45, 7) is 0.702. The highest BCUT2D eigenvalue weighted by Gasteiger charge is 2.27. The van der Waals surface area contributed by atoms with Gasteiger partial charge < -0.3 is 15.4 Å². The summed E-state index contributed by atoms with van der Waals surface area (Å²) in [6, 6.07) is 13.6. The molecule has 0 aromatic heterocycles. The number of benzene rings is 2. The van der Waals surface area contributed by atoms with Crippen molar-refractivity contribution in [2.45, 2.75) is 19.1 Å². The summed E-state index contributed by atoms with van der Waals surface area (Å²) in [5.41, 5.74) is 7.10. The van der Waals surface area contributed by atoms with E-state index in [2.05, 4.69) is 0 Å². The Kier molecular flexibility index (Phi) is 4.06. The van der Waals surface area contributed by atoms with E-state index in [0.29, 0.717) is 24.3 Å². The highest BCUT2D eigenvalue weighted by molar-refractivity contribution is 5.96.